The Kier molecular flexibility index (Phi) is 3.96. The highest BCUT2D eigenvalue weighted by Crippen LogP contribution is 2.36. The normalized spacial score (nSPS) is 22.9. The Morgan fingerprint density at radius 2 is 2.00 bits per heavy atom. The van der Waals surface area contributed by atoms with E-state index in [9.17, 15) is 5.11 Å². The third-order valence-electron chi connectivity index (χ3n) is 4.01. The van der Waals surface area contributed by atoms with Crippen molar-refractivity contribution in [3.05, 3.63) is 27.6 Å². The van der Waals surface area contributed by atoms with Crippen LogP contribution in [0.25, 0.3) is 11.5 Å². The first-order valence-electron chi connectivity index (χ1n) is 6.96. The van der Waals surface area contributed by atoms with Crippen LogP contribution in [0.1, 0.15) is 44.3 Å². The van der Waals surface area contributed by atoms with Crippen LogP contribution in [-0.4, -0.2) is 15.2 Å². The van der Waals surface area contributed by atoms with E-state index in [0.717, 1.165) is 28.2 Å². The fourth-order valence-corrected chi connectivity index (χ4v) is 3.20. The molecule has 0 aliphatic heterocycles. The predicted molar refractivity (Wildman–Crippen MR) is 84.5 cm³/mol. The molecule has 0 atom stereocenters. The molecular formula is C15H17IN2O2. The lowest BCUT2D eigenvalue weighted by atomic mass is 9.83. The van der Waals surface area contributed by atoms with Crippen molar-refractivity contribution >= 4 is 22.6 Å². The Morgan fingerprint density at radius 3 is 2.75 bits per heavy atom. The number of hydrogen-bond donors (Lipinski definition) is 1. The van der Waals surface area contributed by atoms with E-state index in [2.05, 4.69) is 39.7 Å². The Hall–Kier alpha value is -1.11. The van der Waals surface area contributed by atoms with Crippen molar-refractivity contribution in [2.45, 2.75) is 38.5 Å². The Morgan fingerprint density at radius 1 is 1.25 bits per heavy atom. The van der Waals surface area contributed by atoms with Gasteiger partial charge in [-0.25, -0.2) is 0 Å². The zero-order valence-electron chi connectivity index (χ0n) is 11.3. The van der Waals surface area contributed by atoms with Crippen molar-refractivity contribution in [3.8, 4) is 17.2 Å². The number of nitrogens with zero attached hydrogens (tertiary/aromatic N) is 2. The number of aromatic hydroxyl groups is 1. The largest absolute Gasteiger partial charge is 0.507 e. The quantitative estimate of drug-likeness (QED) is 0.783. The molecule has 20 heavy (non-hydrogen) atoms. The second-order valence-electron chi connectivity index (χ2n) is 5.58. The summed E-state index contributed by atoms with van der Waals surface area (Å²) >= 11 is 2.20. The highest BCUT2D eigenvalue weighted by Gasteiger charge is 2.24. The van der Waals surface area contributed by atoms with Crippen LogP contribution in [0.5, 0.6) is 5.75 Å². The number of aromatic nitrogens is 2. The van der Waals surface area contributed by atoms with Gasteiger partial charge in [-0.15, -0.1) is 0 Å². The average Bonchev–Trinajstić information content (AvgIpc) is 2.92. The molecule has 5 heteroatoms. The van der Waals surface area contributed by atoms with Gasteiger partial charge >= 0.3 is 0 Å². The molecule has 0 amide bonds. The molecular weight excluding hydrogens is 367 g/mol. The molecule has 1 aliphatic rings. The highest BCUT2D eigenvalue weighted by molar-refractivity contribution is 14.1. The third kappa shape index (κ3) is 2.82. The van der Waals surface area contributed by atoms with Crippen molar-refractivity contribution in [1.29, 1.82) is 0 Å². The minimum atomic E-state index is 0.179. The molecule has 0 spiro atoms. The fourth-order valence-electron chi connectivity index (χ4n) is 2.71. The van der Waals surface area contributed by atoms with Crippen LogP contribution < -0.4 is 0 Å². The molecule has 1 aromatic carbocycles. The van der Waals surface area contributed by atoms with Gasteiger partial charge in [-0.1, -0.05) is 24.9 Å². The van der Waals surface area contributed by atoms with E-state index < -0.39 is 0 Å². The summed E-state index contributed by atoms with van der Waals surface area (Å²) in [7, 11) is 0. The van der Waals surface area contributed by atoms with Crippen molar-refractivity contribution in [1.82, 2.24) is 10.1 Å². The molecule has 1 N–H and O–H groups in total. The van der Waals surface area contributed by atoms with Crippen LogP contribution >= 0.6 is 22.6 Å². The summed E-state index contributed by atoms with van der Waals surface area (Å²) in [5.74, 6) is 2.57. The van der Waals surface area contributed by atoms with E-state index in [4.69, 9.17) is 4.52 Å². The molecule has 1 fully saturated rings. The van der Waals surface area contributed by atoms with Gasteiger partial charge < -0.3 is 9.63 Å². The van der Waals surface area contributed by atoms with E-state index in [1.165, 1.54) is 12.8 Å². The smallest absolute Gasteiger partial charge is 0.261 e. The van der Waals surface area contributed by atoms with Crippen LogP contribution in [0, 0.1) is 9.49 Å². The van der Waals surface area contributed by atoms with Gasteiger partial charge in [0.1, 0.15) is 5.75 Å². The zero-order chi connectivity index (χ0) is 14.1. The number of benzene rings is 1. The number of halogens is 1. The molecule has 1 saturated carbocycles. The SMILES string of the molecule is CC1CCC(c2noc(-c3cc(I)ccc3O)n2)CC1. The molecule has 1 heterocycles. The lowest BCUT2D eigenvalue weighted by Gasteiger charge is -2.23. The molecule has 1 aromatic heterocycles. The minimum Gasteiger partial charge on any atom is -0.507 e. The topological polar surface area (TPSA) is 59.2 Å². The van der Waals surface area contributed by atoms with Crippen molar-refractivity contribution in [3.63, 3.8) is 0 Å². The Labute approximate surface area is 131 Å². The summed E-state index contributed by atoms with van der Waals surface area (Å²) in [5.41, 5.74) is 0.611. The monoisotopic (exact) mass is 384 g/mol. The molecule has 106 valence electrons. The summed E-state index contributed by atoms with van der Waals surface area (Å²) in [4.78, 5) is 4.49. The van der Waals surface area contributed by atoms with Gasteiger partial charge in [-0.3, -0.25) is 0 Å². The van der Waals surface area contributed by atoms with Gasteiger partial charge in [0, 0.05) is 9.49 Å². The number of phenols is 1. The number of hydrogen-bond acceptors (Lipinski definition) is 4. The van der Waals surface area contributed by atoms with Gasteiger partial charge in [0.15, 0.2) is 5.82 Å². The van der Waals surface area contributed by atoms with Gasteiger partial charge in [0.2, 0.25) is 0 Å². The number of phenolic OH excluding ortho intramolecular Hbond substituents is 1. The second kappa shape index (κ2) is 5.71. The lowest BCUT2D eigenvalue weighted by Crippen LogP contribution is -2.11. The highest BCUT2D eigenvalue weighted by atomic mass is 127. The van der Waals surface area contributed by atoms with Crippen LogP contribution in [0.4, 0.5) is 0 Å². The standard InChI is InChI=1S/C15H17IN2O2/c1-9-2-4-10(5-3-9)14-17-15(20-18-14)12-8-11(16)6-7-13(12)19/h6-10,19H,2-5H2,1H3. The summed E-state index contributed by atoms with van der Waals surface area (Å²) in [5, 5.41) is 14.0. The van der Waals surface area contributed by atoms with E-state index in [1.54, 1.807) is 6.07 Å². The van der Waals surface area contributed by atoms with Crippen molar-refractivity contribution in [2.24, 2.45) is 5.92 Å². The van der Waals surface area contributed by atoms with Crippen molar-refractivity contribution < 1.29 is 9.63 Å². The Balaban J connectivity index is 1.85. The fraction of sp³-hybridized carbons (Fsp3) is 0.467. The van der Waals surface area contributed by atoms with Gasteiger partial charge in [0.25, 0.3) is 5.89 Å². The van der Waals surface area contributed by atoms with Gasteiger partial charge in [-0.05, 0) is 59.5 Å². The second-order valence-corrected chi connectivity index (χ2v) is 6.82. The minimum absolute atomic E-state index is 0.179. The van der Waals surface area contributed by atoms with Crippen LogP contribution in [0.3, 0.4) is 0 Å². The maximum Gasteiger partial charge on any atom is 0.261 e. The summed E-state index contributed by atoms with van der Waals surface area (Å²) in [6, 6.07) is 5.36. The molecule has 1 aliphatic carbocycles. The van der Waals surface area contributed by atoms with E-state index in [-0.39, 0.29) is 5.75 Å². The Bertz CT molecular complexity index is 604. The van der Waals surface area contributed by atoms with Gasteiger partial charge in [0.05, 0.1) is 5.56 Å². The average molecular weight is 384 g/mol. The first kappa shape index (κ1) is 13.9. The molecule has 4 nitrogen and oxygen atoms in total. The maximum atomic E-state index is 9.91. The molecule has 2 aromatic rings. The third-order valence-corrected chi connectivity index (χ3v) is 4.68. The zero-order valence-corrected chi connectivity index (χ0v) is 13.5. The van der Waals surface area contributed by atoms with Crippen LogP contribution in [0.15, 0.2) is 22.7 Å². The van der Waals surface area contributed by atoms with Crippen LogP contribution in [-0.2, 0) is 0 Å². The summed E-state index contributed by atoms with van der Waals surface area (Å²) < 4.78 is 6.37. The molecule has 3 rings (SSSR count). The first-order valence-corrected chi connectivity index (χ1v) is 8.04. The molecule has 0 saturated heterocycles. The van der Waals surface area contributed by atoms with E-state index in [1.807, 2.05) is 12.1 Å². The molecule has 0 radical (unpaired) electrons. The number of rotatable bonds is 2. The summed E-state index contributed by atoms with van der Waals surface area (Å²) in [6.07, 6.45) is 4.70. The lowest BCUT2D eigenvalue weighted by molar-refractivity contribution is 0.328. The van der Waals surface area contributed by atoms with Crippen LogP contribution in [0.2, 0.25) is 0 Å². The van der Waals surface area contributed by atoms with E-state index >= 15 is 0 Å². The molecule has 0 bridgehead atoms. The van der Waals surface area contributed by atoms with Crippen molar-refractivity contribution in [2.75, 3.05) is 0 Å². The van der Waals surface area contributed by atoms with E-state index in [0.29, 0.717) is 17.4 Å². The summed E-state index contributed by atoms with van der Waals surface area (Å²) in [6.45, 7) is 2.29. The molecule has 0 unspecified atom stereocenters. The first-order chi connectivity index (χ1) is 9.63. The maximum absolute atomic E-state index is 9.91. The van der Waals surface area contributed by atoms with Gasteiger partial charge in [-0.2, -0.15) is 4.98 Å². The predicted octanol–water partition coefficient (Wildman–Crippen LogP) is 4.34.